The van der Waals surface area contributed by atoms with Crippen molar-refractivity contribution in [1.29, 1.82) is 0 Å². The smallest absolute Gasteiger partial charge is 0.257 e. The summed E-state index contributed by atoms with van der Waals surface area (Å²) < 4.78 is 11.0. The highest BCUT2D eigenvalue weighted by molar-refractivity contribution is 14.0. The number of methoxy groups -OCH3 is 1. The molecule has 0 heterocycles. The number of hydrogen-bond donors (Lipinski definition) is 3. The van der Waals surface area contributed by atoms with Gasteiger partial charge in [-0.15, -0.1) is 24.0 Å². The fraction of sp³-hybridized carbons (Fsp3) is 0.391. The number of amides is 1. The molecule has 0 atom stereocenters. The van der Waals surface area contributed by atoms with Crippen LogP contribution in [-0.2, 0) is 24.3 Å². The number of rotatable bonds is 10. The second-order valence-electron chi connectivity index (χ2n) is 6.63. The summed E-state index contributed by atoms with van der Waals surface area (Å²) in [5.74, 6) is 1.67. The van der Waals surface area contributed by atoms with E-state index in [-0.39, 0.29) is 36.5 Å². The van der Waals surface area contributed by atoms with Gasteiger partial charge < -0.3 is 25.4 Å². The van der Waals surface area contributed by atoms with Crippen LogP contribution in [0.3, 0.4) is 0 Å². The molecule has 0 aliphatic heterocycles. The van der Waals surface area contributed by atoms with Gasteiger partial charge in [0.1, 0.15) is 0 Å². The van der Waals surface area contributed by atoms with E-state index in [1.54, 1.807) is 14.2 Å². The van der Waals surface area contributed by atoms with Crippen LogP contribution in [0.1, 0.15) is 30.5 Å². The highest BCUT2D eigenvalue weighted by atomic mass is 127. The van der Waals surface area contributed by atoms with Gasteiger partial charge >= 0.3 is 0 Å². The Morgan fingerprint density at radius 2 is 1.68 bits per heavy atom. The van der Waals surface area contributed by atoms with E-state index in [1.165, 1.54) is 11.1 Å². The normalized spacial score (nSPS) is 10.6. The van der Waals surface area contributed by atoms with Crippen LogP contribution < -0.4 is 25.4 Å². The maximum atomic E-state index is 11.6. The Morgan fingerprint density at radius 3 is 2.32 bits per heavy atom. The monoisotopic (exact) mass is 540 g/mol. The van der Waals surface area contributed by atoms with Crippen LogP contribution in [0.2, 0.25) is 0 Å². The number of benzene rings is 2. The lowest BCUT2D eigenvalue weighted by Gasteiger charge is -2.15. The molecule has 7 nitrogen and oxygen atoms in total. The molecule has 1 amide bonds. The quantitative estimate of drug-likeness (QED) is 0.245. The van der Waals surface area contributed by atoms with Gasteiger partial charge in [0, 0.05) is 26.7 Å². The minimum absolute atomic E-state index is 0. The Bertz CT molecular complexity index is 858. The van der Waals surface area contributed by atoms with Gasteiger partial charge in [0.15, 0.2) is 24.1 Å². The maximum Gasteiger partial charge on any atom is 0.257 e. The summed E-state index contributed by atoms with van der Waals surface area (Å²) in [6.07, 6.45) is 0.998. The first-order valence-corrected chi connectivity index (χ1v) is 10.2. The third-order valence-electron chi connectivity index (χ3n) is 4.59. The number of likely N-dealkylation sites (N-methyl/N-ethyl adjacent to an activating group) is 1. The number of nitrogens with zero attached hydrogens (tertiary/aromatic N) is 1. The van der Waals surface area contributed by atoms with Gasteiger partial charge in [-0.05, 0) is 42.2 Å². The first-order valence-electron chi connectivity index (χ1n) is 10.2. The summed E-state index contributed by atoms with van der Waals surface area (Å²) in [4.78, 5) is 15.9. The molecule has 0 aliphatic rings. The zero-order valence-electron chi connectivity index (χ0n) is 18.7. The van der Waals surface area contributed by atoms with Crippen LogP contribution in [-0.4, -0.2) is 39.2 Å². The predicted molar refractivity (Wildman–Crippen MR) is 135 cm³/mol. The third kappa shape index (κ3) is 8.64. The van der Waals surface area contributed by atoms with Crippen molar-refractivity contribution in [3.05, 3.63) is 59.2 Å². The van der Waals surface area contributed by atoms with Crippen molar-refractivity contribution in [3.63, 3.8) is 0 Å². The maximum absolute atomic E-state index is 11.6. The summed E-state index contributed by atoms with van der Waals surface area (Å²) >= 11 is 0. The van der Waals surface area contributed by atoms with Crippen molar-refractivity contribution in [3.8, 4) is 11.5 Å². The van der Waals surface area contributed by atoms with E-state index < -0.39 is 0 Å². The lowest BCUT2D eigenvalue weighted by molar-refractivity contribution is -0.123. The van der Waals surface area contributed by atoms with Gasteiger partial charge in [0.2, 0.25) is 0 Å². The minimum Gasteiger partial charge on any atom is -0.493 e. The standard InChI is InChI=1S/C23H32N4O3.HI/c1-5-18-9-7-8-10-19(18)15-27-23(24-3)26-14-17-11-12-20(21(13-17)29-4)30-16-22(28)25-6-2;/h7-13H,5-6,14-16H2,1-4H3,(H,25,28)(H2,24,26,27);1H. The van der Waals surface area contributed by atoms with Crippen LogP contribution in [0.15, 0.2) is 47.5 Å². The Kier molecular flexibility index (Phi) is 12.4. The van der Waals surface area contributed by atoms with Gasteiger partial charge in [-0.2, -0.15) is 0 Å². The molecule has 0 unspecified atom stereocenters. The van der Waals surface area contributed by atoms with Crippen molar-refractivity contribution < 1.29 is 14.3 Å². The highest BCUT2D eigenvalue weighted by Gasteiger charge is 2.09. The molecule has 31 heavy (non-hydrogen) atoms. The molecular weight excluding hydrogens is 507 g/mol. The average Bonchev–Trinajstić information content (AvgIpc) is 2.78. The van der Waals surface area contributed by atoms with Crippen LogP contribution in [0.25, 0.3) is 0 Å². The van der Waals surface area contributed by atoms with Crippen molar-refractivity contribution in [2.24, 2.45) is 4.99 Å². The van der Waals surface area contributed by atoms with Gasteiger partial charge in [-0.25, -0.2) is 0 Å². The Hall–Kier alpha value is -2.49. The van der Waals surface area contributed by atoms with E-state index in [4.69, 9.17) is 9.47 Å². The van der Waals surface area contributed by atoms with Crippen molar-refractivity contribution in [2.75, 3.05) is 27.3 Å². The first-order chi connectivity index (χ1) is 14.6. The molecular formula is C23H33IN4O3. The number of aliphatic imine (C=N–C) groups is 1. The van der Waals surface area contributed by atoms with Gasteiger partial charge in [0.25, 0.3) is 5.91 Å². The minimum atomic E-state index is -0.162. The molecule has 2 rings (SSSR count). The fourth-order valence-electron chi connectivity index (χ4n) is 2.99. The van der Waals surface area contributed by atoms with Crippen molar-refractivity contribution in [1.82, 2.24) is 16.0 Å². The molecule has 0 aliphatic carbocycles. The Morgan fingerprint density at radius 1 is 0.968 bits per heavy atom. The number of guanidine groups is 1. The SMILES string of the molecule is CCNC(=O)COc1ccc(CNC(=NC)NCc2ccccc2CC)cc1OC.I. The van der Waals surface area contributed by atoms with E-state index in [2.05, 4.69) is 46.1 Å². The highest BCUT2D eigenvalue weighted by Crippen LogP contribution is 2.28. The predicted octanol–water partition coefficient (Wildman–Crippen LogP) is 3.26. The fourth-order valence-corrected chi connectivity index (χ4v) is 2.99. The zero-order chi connectivity index (χ0) is 21.8. The van der Waals surface area contributed by atoms with Crippen LogP contribution in [0.4, 0.5) is 0 Å². The van der Waals surface area contributed by atoms with Crippen LogP contribution in [0, 0.1) is 0 Å². The number of hydrogen-bond acceptors (Lipinski definition) is 4. The van der Waals surface area contributed by atoms with Gasteiger partial charge in [-0.3, -0.25) is 9.79 Å². The summed E-state index contributed by atoms with van der Waals surface area (Å²) in [7, 11) is 3.33. The largest absolute Gasteiger partial charge is 0.493 e. The second kappa shape index (κ2) is 14.5. The molecule has 3 N–H and O–H groups in total. The zero-order valence-corrected chi connectivity index (χ0v) is 21.0. The van der Waals surface area contributed by atoms with E-state index in [9.17, 15) is 4.79 Å². The number of nitrogens with one attached hydrogen (secondary N) is 3. The van der Waals surface area contributed by atoms with E-state index in [1.807, 2.05) is 31.2 Å². The topological polar surface area (TPSA) is 84.0 Å². The van der Waals surface area contributed by atoms with Gasteiger partial charge in [-0.1, -0.05) is 37.3 Å². The molecule has 0 saturated heterocycles. The van der Waals surface area contributed by atoms with E-state index >= 15 is 0 Å². The number of carbonyl (C=O) groups is 1. The van der Waals surface area contributed by atoms with Crippen molar-refractivity contribution >= 4 is 35.8 Å². The van der Waals surface area contributed by atoms with Crippen molar-refractivity contribution in [2.45, 2.75) is 33.4 Å². The molecule has 0 saturated carbocycles. The van der Waals surface area contributed by atoms with Gasteiger partial charge in [0.05, 0.1) is 7.11 Å². The van der Waals surface area contributed by atoms with E-state index in [0.717, 1.165) is 17.9 Å². The molecule has 2 aromatic rings. The number of halogens is 1. The summed E-state index contributed by atoms with van der Waals surface area (Å²) in [6, 6.07) is 14.0. The molecule has 0 spiro atoms. The first kappa shape index (κ1) is 26.5. The molecule has 0 aromatic heterocycles. The average molecular weight is 540 g/mol. The molecule has 2 aromatic carbocycles. The molecule has 0 radical (unpaired) electrons. The molecule has 0 bridgehead atoms. The number of ether oxygens (including phenoxy) is 2. The summed E-state index contributed by atoms with van der Waals surface area (Å²) in [5.41, 5.74) is 3.60. The number of aryl methyl sites for hydroxylation is 1. The lowest BCUT2D eigenvalue weighted by Crippen LogP contribution is -2.36. The van der Waals surface area contributed by atoms with Crippen LogP contribution in [0.5, 0.6) is 11.5 Å². The van der Waals surface area contributed by atoms with Crippen LogP contribution >= 0.6 is 24.0 Å². The number of carbonyl (C=O) groups excluding carboxylic acids is 1. The second-order valence-corrected chi connectivity index (χ2v) is 6.63. The molecule has 8 heteroatoms. The van der Waals surface area contributed by atoms with E-state index in [0.29, 0.717) is 31.1 Å². The third-order valence-corrected chi connectivity index (χ3v) is 4.59. The molecule has 0 fully saturated rings. The molecule has 170 valence electrons. The summed E-state index contributed by atoms with van der Waals surface area (Å²) in [6.45, 7) is 5.83. The Labute approximate surface area is 202 Å². The summed E-state index contributed by atoms with van der Waals surface area (Å²) in [5, 5.41) is 9.36. The lowest BCUT2D eigenvalue weighted by atomic mass is 10.1. The Balaban J connectivity index is 0.00000480.